The Bertz CT molecular complexity index is 471. The van der Waals surface area contributed by atoms with E-state index in [0.717, 1.165) is 18.9 Å². The zero-order valence-corrected chi connectivity index (χ0v) is 13.5. The summed E-state index contributed by atoms with van der Waals surface area (Å²) in [6.07, 6.45) is 9.35. The van der Waals surface area contributed by atoms with E-state index in [1.807, 2.05) is 0 Å². The first-order valence-corrected chi connectivity index (χ1v) is 8.85. The molecule has 2 nitrogen and oxygen atoms in total. The molecule has 0 spiro atoms. The molecule has 116 valence electrons. The maximum atomic E-state index is 6.50. The Morgan fingerprint density at radius 1 is 1.14 bits per heavy atom. The van der Waals surface area contributed by atoms with E-state index in [1.54, 1.807) is 0 Å². The standard InChI is InChI=1S/C19H29NO/c1-3-14-8-5-6-10-18(14)21-19-11-7-9-15-16(19)12-13-17(15)20-4-2/h7,9,11,14,17-18,20H,3-6,8,10,12-13H2,1-2H3. The van der Waals surface area contributed by atoms with Gasteiger partial charge < -0.3 is 10.1 Å². The van der Waals surface area contributed by atoms with Gasteiger partial charge in [-0.3, -0.25) is 0 Å². The van der Waals surface area contributed by atoms with Crippen LogP contribution in [-0.4, -0.2) is 12.6 Å². The Balaban J connectivity index is 1.77. The topological polar surface area (TPSA) is 21.3 Å². The summed E-state index contributed by atoms with van der Waals surface area (Å²) in [6.45, 7) is 5.53. The lowest BCUT2D eigenvalue weighted by atomic mass is 9.84. The molecule has 1 aromatic carbocycles. The lowest BCUT2D eigenvalue weighted by Crippen LogP contribution is -2.30. The molecule has 0 radical (unpaired) electrons. The third-order valence-corrected chi connectivity index (χ3v) is 5.32. The third-order valence-electron chi connectivity index (χ3n) is 5.32. The van der Waals surface area contributed by atoms with Gasteiger partial charge in [-0.15, -0.1) is 0 Å². The van der Waals surface area contributed by atoms with Crippen molar-refractivity contribution < 1.29 is 4.74 Å². The molecule has 1 saturated carbocycles. The van der Waals surface area contributed by atoms with Crippen LogP contribution in [0.4, 0.5) is 0 Å². The molecule has 1 fully saturated rings. The smallest absolute Gasteiger partial charge is 0.123 e. The molecule has 1 N–H and O–H groups in total. The molecule has 2 aliphatic carbocycles. The monoisotopic (exact) mass is 287 g/mol. The maximum absolute atomic E-state index is 6.50. The van der Waals surface area contributed by atoms with Gasteiger partial charge in [0.2, 0.25) is 0 Å². The Hall–Kier alpha value is -1.02. The molecule has 0 heterocycles. The van der Waals surface area contributed by atoms with Gasteiger partial charge in [0.05, 0.1) is 0 Å². The lowest BCUT2D eigenvalue weighted by Gasteiger charge is -2.32. The van der Waals surface area contributed by atoms with E-state index in [9.17, 15) is 0 Å². The Labute approximate surface area is 129 Å². The molecular weight excluding hydrogens is 258 g/mol. The number of rotatable bonds is 5. The van der Waals surface area contributed by atoms with Crippen molar-refractivity contribution in [3.8, 4) is 5.75 Å². The van der Waals surface area contributed by atoms with Gasteiger partial charge >= 0.3 is 0 Å². The molecular formula is C19H29NO. The molecule has 0 bridgehead atoms. The fourth-order valence-corrected chi connectivity index (χ4v) is 4.15. The molecule has 2 heteroatoms. The number of nitrogens with one attached hydrogen (secondary N) is 1. The Morgan fingerprint density at radius 2 is 2.00 bits per heavy atom. The average molecular weight is 287 g/mol. The highest BCUT2D eigenvalue weighted by Gasteiger charge is 2.29. The summed E-state index contributed by atoms with van der Waals surface area (Å²) < 4.78 is 6.50. The molecule has 3 unspecified atom stereocenters. The summed E-state index contributed by atoms with van der Waals surface area (Å²) >= 11 is 0. The fraction of sp³-hybridized carbons (Fsp3) is 0.684. The van der Waals surface area contributed by atoms with Crippen LogP contribution in [0.2, 0.25) is 0 Å². The summed E-state index contributed by atoms with van der Waals surface area (Å²) in [5.74, 6) is 1.92. The van der Waals surface area contributed by atoms with Gasteiger partial charge in [-0.1, -0.05) is 32.4 Å². The Morgan fingerprint density at radius 3 is 2.81 bits per heavy atom. The minimum Gasteiger partial charge on any atom is -0.490 e. The average Bonchev–Trinajstić information content (AvgIpc) is 2.93. The van der Waals surface area contributed by atoms with Crippen molar-refractivity contribution in [3.05, 3.63) is 29.3 Å². The fourth-order valence-electron chi connectivity index (χ4n) is 4.15. The molecule has 1 aromatic rings. The second-order valence-electron chi connectivity index (χ2n) is 6.58. The number of fused-ring (bicyclic) bond motifs is 1. The summed E-state index contributed by atoms with van der Waals surface area (Å²) in [5.41, 5.74) is 2.93. The largest absolute Gasteiger partial charge is 0.490 e. The first-order valence-electron chi connectivity index (χ1n) is 8.85. The van der Waals surface area contributed by atoms with Crippen molar-refractivity contribution in [3.63, 3.8) is 0 Å². The van der Waals surface area contributed by atoms with Crippen LogP contribution >= 0.6 is 0 Å². The van der Waals surface area contributed by atoms with Crippen molar-refractivity contribution in [1.82, 2.24) is 5.32 Å². The highest BCUT2D eigenvalue weighted by Crippen LogP contribution is 2.39. The van der Waals surface area contributed by atoms with Crippen LogP contribution < -0.4 is 10.1 Å². The highest BCUT2D eigenvalue weighted by molar-refractivity contribution is 5.45. The second kappa shape index (κ2) is 6.83. The molecule has 2 aliphatic rings. The van der Waals surface area contributed by atoms with E-state index in [1.165, 1.54) is 55.4 Å². The number of hydrogen-bond donors (Lipinski definition) is 1. The second-order valence-corrected chi connectivity index (χ2v) is 6.58. The van der Waals surface area contributed by atoms with Crippen LogP contribution in [0.15, 0.2) is 18.2 Å². The van der Waals surface area contributed by atoms with Crippen LogP contribution in [0, 0.1) is 5.92 Å². The van der Waals surface area contributed by atoms with Crippen LogP contribution in [0.25, 0.3) is 0 Å². The molecule has 0 amide bonds. The van der Waals surface area contributed by atoms with Gasteiger partial charge in [-0.2, -0.15) is 0 Å². The van der Waals surface area contributed by atoms with E-state index < -0.39 is 0 Å². The van der Waals surface area contributed by atoms with Crippen molar-refractivity contribution in [2.45, 2.75) is 70.9 Å². The van der Waals surface area contributed by atoms with E-state index in [4.69, 9.17) is 4.74 Å². The lowest BCUT2D eigenvalue weighted by molar-refractivity contribution is 0.0895. The normalized spacial score (nSPS) is 28.4. The van der Waals surface area contributed by atoms with Gasteiger partial charge in [-0.25, -0.2) is 0 Å². The van der Waals surface area contributed by atoms with Gasteiger partial charge in [0, 0.05) is 6.04 Å². The SMILES string of the molecule is CCNC1CCc2c(OC3CCCCC3CC)cccc21. The summed E-state index contributed by atoms with van der Waals surface area (Å²) in [5, 5.41) is 3.60. The quantitative estimate of drug-likeness (QED) is 0.852. The minimum absolute atomic E-state index is 0.438. The first kappa shape index (κ1) is 14.9. The van der Waals surface area contributed by atoms with E-state index in [2.05, 4.69) is 37.4 Å². The van der Waals surface area contributed by atoms with Gasteiger partial charge in [-0.05, 0) is 68.2 Å². The maximum Gasteiger partial charge on any atom is 0.123 e. The Kier molecular flexibility index (Phi) is 4.84. The van der Waals surface area contributed by atoms with Gasteiger partial charge in [0.15, 0.2) is 0 Å². The molecule has 3 atom stereocenters. The molecule has 0 saturated heterocycles. The predicted octanol–water partition coefficient (Wildman–Crippen LogP) is 4.63. The van der Waals surface area contributed by atoms with Crippen molar-refractivity contribution in [1.29, 1.82) is 0 Å². The van der Waals surface area contributed by atoms with Crippen molar-refractivity contribution in [2.24, 2.45) is 5.92 Å². The number of hydrogen-bond acceptors (Lipinski definition) is 2. The van der Waals surface area contributed by atoms with Crippen molar-refractivity contribution >= 4 is 0 Å². The molecule has 0 aromatic heterocycles. The van der Waals surface area contributed by atoms with Gasteiger partial charge in [0.25, 0.3) is 0 Å². The zero-order chi connectivity index (χ0) is 14.7. The van der Waals surface area contributed by atoms with E-state index in [-0.39, 0.29) is 0 Å². The third kappa shape index (κ3) is 3.11. The zero-order valence-electron chi connectivity index (χ0n) is 13.5. The molecule has 0 aliphatic heterocycles. The molecule has 21 heavy (non-hydrogen) atoms. The minimum atomic E-state index is 0.438. The van der Waals surface area contributed by atoms with Crippen LogP contribution in [0.3, 0.4) is 0 Å². The van der Waals surface area contributed by atoms with Crippen LogP contribution in [0.5, 0.6) is 5.75 Å². The number of benzene rings is 1. The molecule has 3 rings (SSSR count). The first-order chi connectivity index (χ1) is 10.3. The summed E-state index contributed by atoms with van der Waals surface area (Å²) in [6, 6.07) is 7.17. The van der Waals surface area contributed by atoms with E-state index >= 15 is 0 Å². The summed E-state index contributed by atoms with van der Waals surface area (Å²) in [4.78, 5) is 0. The van der Waals surface area contributed by atoms with Crippen LogP contribution in [0.1, 0.15) is 69.5 Å². The van der Waals surface area contributed by atoms with E-state index in [0.29, 0.717) is 12.1 Å². The summed E-state index contributed by atoms with van der Waals surface area (Å²) in [7, 11) is 0. The highest BCUT2D eigenvalue weighted by atomic mass is 16.5. The number of ether oxygens (including phenoxy) is 1. The van der Waals surface area contributed by atoms with Crippen molar-refractivity contribution in [2.75, 3.05) is 6.54 Å². The predicted molar refractivity (Wildman–Crippen MR) is 87.8 cm³/mol. The van der Waals surface area contributed by atoms with Gasteiger partial charge in [0.1, 0.15) is 11.9 Å². The van der Waals surface area contributed by atoms with Crippen LogP contribution in [-0.2, 0) is 6.42 Å².